The van der Waals surface area contributed by atoms with E-state index in [1.807, 2.05) is 0 Å². The molecule has 186 valence electrons. The predicted octanol–water partition coefficient (Wildman–Crippen LogP) is 5.20. The van der Waals surface area contributed by atoms with Crippen molar-refractivity contribution >= 4 is 50.0 Å². The van der Waals surface area contributed by atoms with Crippen molar-refractivity contribution in [2.45, 2.75) is 16.1 Å². The van der Waals surface area contributed by atoms with E-state index in [-0.39, 0.29) is 26.9 Å². The lowest BCUT2D eigenvalue weighted by Crippen LogP contribution is -2.26. The van der Waals surface area contributed by atoms with Gasteiger partial charge in [0, 0.05) is 18.1 Å². The molecule has 36 heavy (non-hydrogen) atoms. The molecule has 4 rings (SSSR count). The maximum absolute atomic E-state index is 13.2. The Morgan fingerprint density at radius 3 is 2.39 bits per heavy atom. The van der Waals surface area contributed by atoms with Gasteiger partial charge in [0.1, 0.15) is 5.03 Å². The molecular weight excluding hydrogens is 513 g/mol. The van der Waals surface area contributed by atoms with Gasteiger partial charge in [-0.25, -0.2) is 18.4 Å². The Hall–Kier alpha value is -3.64. The smallest absolute Gasteiger partial charge is 0.325 e. The molecule has 1 heterocycles. The van der Waals surface area contributed by atoms with E-state index in [0.29, 0.717) is 11.1 Å². The number of nitrogens with zero attached hydrogens (tertiary/aromatic N) is 3. The number of carbonyl (C=O) groups is 1. The van der Waals surface area contributed by atoms with Crippen LogP contribution in [0.15, 0.2) is 88.8 Å². The summed E-state index contributed by atoms with van der Waals surface area (Å²) in [5.74, 6) is -2.08. The van der Waals surface area contributed by atoms with E-state index in [1.54, 1.807) is 48.5 Å². The SMILES string of the molecule is CN(c1ccccc1)S(=O)(=O)c1cccc(NC(=O)CSc2nc(C(F)(F)F)nc3ccccc23)c1. The van der Waals surface area contributed by atoms with Crippen LogP contribution in [-0.4, -0.2) is 37.1 Å². The number of anilines is 2. The third kappa shape index (κ3) is 5.60. The molecule has 12 heteroatoms. The molecule has 0 saturated heterocycles. The minimum Gasteiger partial charge on any atom is -0.325 e. The summed E-state index contributed by atoms with van der Waals surface area (Å²) >= 11 is 0.830. The molecule has 0 radical (unpaired) electrons. The van der Waals surface area contributed by atoms with Gasteiger partial charge in [-0.2, -0.15) is 13.2 Å². The number of fused-ring (bicyclic) bond motifs is 1. The number of halogens is 3. The third-order valence-electron chi connectivity index (χ3n) is 5.06. The number of sulfonamides is 1. The molecule has 0 aliphatic heterocycles. The van der Waals surface area contributed by atoms with Crippen LogP contribution in [0.3, 0.4) is 0 Å². The van der Waals surface area contributed by atoms with Crippen molar-refractivity contribution in [3.05, 3.63) is 84.7 Å². The molecule has 0 saturated carbocycles. The molecule has 0 aliphatic rings. The van der Waals surface area contributed by atoms with Crippen LogP contribution in [0.25, 0.3) is 10.9 Å². The Kier molecular flexibility index (Phi) is 7.18. The normalized spacial score (nSPS) is 11.9. The number of hydrogen-bond donors (Lipinski definition) is 1. The fourth-order valence-electron chi connectivity index (χ4n) is 3.28. The van der Waals surface area contributed by atoms with Gasteiger partial charge >= 0.3 is 6.18 Å². The quantitative estimate of drug-likeness (QED) is 0.260. The van der Waals surface area contributed by atoms with Crippen molar-refractivity contribution < 1.29 is 26.4 Å². The molecule has 0 spiro atoms. The fraction of sp³-hybridized carbons (Fsp3) is 0.125. The summed E-state index contributed by atoms with van der Waals surface area (Å²) in [6.07, 6.45) is -4.74. The highest BCUT2D eigenvalue weighted by molar-refractivity contribution is 8.00. The monoisotopic (exact) mass is 532 g/mol. The lowest BCUT2D eigenvalue weighted by atomic mass is 10.2. The van der Waals surface area contributed by atoms with Crippen molar-refractivity contribution in [1.82, 2.24) is 9.97 Å². The number of aromatic nitrogens is 2. The summed E-state index contributed by atoms with van der Waals surface area (Å²) < 4.78 is 66.8. The Labute approximate surface area is 209 Å². The van der Waals surface area contributed by atoms with Crippen molar-refractivity contribution in [2.75, 3.05) is 22.4 Å². The van der Waals surface area contributed by atoms with Crippen LogP contribution >= 0.6 is 11.8 Å². The van der Waals surface area contributed by atoms with E-state index in [9.17, 15) is 26.4 Å². The lowest BCUT2D eigenvalue weighted by Gasteiger charge is -2.19. The minimum absolute atomic E-state index is 0.0175. The summed E-state index contributed by atoms with van der Waals surface area (Å²) in [6, 6.07) is 20.5. The average Bonchev–Trinajstić information content (AvgIpc) is 2.86. The maximum Gasteiger partial charge on any atom is 0.451 e. The zero-order chi connectivity index (χ0) is 25.9. The van der Waals surface area contributed by atoms with Crippen LogP contribution in [0.2, 0.25) is 0 Å². The molecule has 0 aliphatic carbocycles. The van der Waals surface area contributed by atoms with Crippen LogP contribution in [0.4, 0.5) is 24.5 Å². The predicted molar refractivity (Wildman–Crippen MR) is 132 cm³/mol. The summed E-state index contributed by atoms with van der Waals surface area (Å²) in [4.78, 5) is 19.7. The number of benzene rings is 3. The van der Waals surface area contributed by atoms with Gasteiger partial charge in [0.25, 0.3) is 10.0 Å². The topological polar surface area (TPSA) is 92.3 Å². The molecule has 3 aromatic carbocycles. The molecular formula is C24H19F3N4O3S2. The molecule has 1 aromatic heterocycles. The third-order valence-corrected chi connectivity index (χ3v) is 7.83. The van der Waals surface area contributed by atoms with Gasteiger partial charge in [-0.15, -0.1) is 0 Å². The Balaban J connectivity index is 1.50. The Morgan fingerprint density at radius 2 is 1.67 bits per heavy atom. The summed E-state index contributed by atoms with van der Waals surface area (Å²) in [6.45, 7) is 0. The summed E-state index contributed by atoms with van der Waals surface area (Å²) in [5.41, 5.74) is 0.813. The number of carbonyl (C=O) groups excluding carboxylic acids is 1. The van der Waals surface area contributed by atoms with Crippen LogP contribution < -0.4 is 9.62 Å². The van der Waals surface area contributed by atoms with Crippen LogP contribution in [0, 0.1) is 0 Å². The van der Waals surface area contributed by atoms with Gasteiger partial charge in [0.05, 0.1) is 21.9 Å². The van der Waals surface area contributed by atoms with Crippen LogP contribution in [0.1, 0.15) is 5.82 Å². The van der Waals surface area contributed by atoms with E-state index in [0.717, 1.165) is 16.1 Å². The van der Waals surface area contributed by atoms with Gasteiger partial charge in [-0.3, -0.25) is 9.10 Å². The second kappa shape index (κ2) is 10.2. The number of hydrogen-bond acceptors (Lipinski definition) is 6. The number of para-hydroxylation sites is 2. The van der Waals surface area contributed by atoms with Crippen molar-refractivity contribution in [1.29, 1.82) is 0 Å². The van der Waals surface area contributed by atoms with E-state index < -0.39 is 27.9 Å². The molecule has 0 fully saturated rings. The van der Waals surface area contributed by atoms with Crippen molar-refractivity contribution in [2.24, 2.45) is 0 Å². The zero-order valence-electron chi connectivity index (χ0n) is 18.7. The highest BCUT2D eigenvalue weighted by Gasteiger charge is 2.35. The molecule has 4 aromatic rings. The maximum atomic E-state index is 13.2. The van der Waals surface area contributed by atoms with E-state index in [2.05, 4.69) is 15.3 Å². The minimum atomic E-state index is -4.74. The largest absolute Gasteiger partial charge is 0.451 e. The number of thioether (sulfide) groups is 1. The van der Waals surface area contributed by atoms with Crippen LogP contribution in [0.5, 0.6) is 0 Å². The van der Waals surface area contributed by atoms with E-state index >= 15 is 0 Å². The van der Waals surface area contributed by atoms with Crippen LogP contribution in [-0.2, 0) is 21.0 Å². The number of nitrogens with one attached hydrogen (secondary N) is 1. The zero-order valence-corrected chi connectivity index (χ0v) is 20.4. The first-order valence-corrected chi connectivity index (χ1v) is 12.9. The van der Waals surface area contributed by atoms with E-state index in [1.165, 1.54) is 37.4 Å². The first-order valence-electron chi connectivity index (χ1n) is 10.5. The lowest BCUT2D eigenvalue weighted by molar-refractivity contribution is -0.145. The van der Waals surface area contributed by atoms with Gasteiger partial charge in [-0.1, -0.05) is 54.2 Å². The molecule has 0 atom stereocenters. The first-order chi connectivity index (χ1) is 17.1. The molecule has 1 amide bonds. The molecule has 7 nitrogen and oxygen atoms in total. The highest BCUT2D eigenvalue weighted by atomic mass is 32.2. The Morgan fingerprint density at radius 1 is 0.972 bits per heavy atom. The second-order valence-electron chi connectivity index (χ2n) is 7.54. The fourth-order valence-corrected chi connectivity index (χ4v) is 5.35. The Bertz CT molecular complexity index is 1510. The van der Waals surface area contributed by atoms with E-state index in [4.69, 9.17) is 0 Å². The van der Waals surface area contributed by atoms with Gasteiger partial charge < -0.3 is 5.32 Å². The number of rotatable bonds is 7. The second-order valence-corrected chi connectivity index (χ2v) is 10.5. The van der Waals surface area contributed by atoms with Gasteiger partial charge in [0.2, 0.25) is 11.7 Å². The number of alkyl halides is 3. The van der Waals surface area contributed by atoms with Crippen molar-refractivity contribution in [3.63, 3.8) is 0 Å². The summed E-state index contributed by atoms with van der Waals surface area (Å²) in [7, 11) is -2.47. The van der Waals surface area contributed by atoms with Gasteiger partial charge in [-0.05, 0) is 36.4 Å². The molecule has 0 unspecified atom stereocenters. The standard InChI is InChI=1S/C24H19F3N4O3S2/c1-31(17-9-3-2-4-10-17)36(33,34)18-11-7-8-16(14-18)28-21(32)15-35-22-19-12-5-6-13-20(19)29-23(30-22)24(25,26)27/h2-14H,15H2,1H3,(H,28,32). The van der Waals surface area contributed by atoms with Gasteiger partial charge in [0.15, 0.2) is 0 Å². The highest BCUT2D eigenvalue weighted by Crippen LogP contribution is 2.32. The van der Waals surface area contributed by atoms with Crippen molar-refractivity contribution in [3.8, 4) is 0 Å². The molecule has 0 bridgehead atoms. The first kappa shape index (κ1) is 25.5. The number of amides is 1. The molecule has 1 N–H and O–H groups in total. The average molecular weight is 533 g/mol. The summed E-state index contributed by atoms with van der Waals surface area (Å²) in [5, 5.41) is 2.99.